The molecule has 1 aromatic carbocycles. The van der Waals surface area contributed by atoms with Gasteiger partial charge in [0.15, 0.2) is 5.75 Å². The Morgan fingerprint density at radius 2 is 2.10 bits per heavy atom. The molecule has 0 aliphatic heterocycles. The van der Waals surface area contributed by atoms with Crippen molar-refractivity contribution in [1.82, 2.24) is 15.1 Å². The Balaban J connectivity index is 2.51. The lowest BCUT2D eigenvalue weighted by atomic mass is 9.98. The van der Waals surface area contributed by atoms with Crippen molar-refractivity contribution in [2.24, 2.45) is 0 Å². The number of aryl methyl sites for hydroxylation is 2. The number of hydrogen-bond acceptors (Lipinski definition) is 3. The van der Waals surface area contributed by atoms with Crippen LogP contribution >= 0.6 is 0 Å². The molecule has 0 radical (unpaired) electrons. The second-order valence-electron chi connectivity index (χ2n) is 4.90. The van der Waals surface area contributed by atoms with Crippen LogP contribution in [0.2, 0.25) is 0 Å². The molecule has 108 valence electrons. The van der Waals surface area contributed by atoms with E-state index < -0.39 is 0 Å². The Kier molecular flexibility index (Phi) is 4.79. The van der Waals surface area contributed by atoms with Crippen LogP contribution in [0.15, 0.2) is 30.5 Å². The van der Waals surface area contributed by atoms with Crippen LogP contribution in [0.5, 0.6) is 5.75 Å². The lowest BCUT2D eigenvalue weighted by Crippen LogP contribution is -2.23. The van der Waals surface area contributed by atoms with E-state index in [1.54, 1.807) is 13.3 Å². The highest BCUT2D eigenvalue weighted by atomic mass is 16.5. The monoisotopic (exact) mass is 273 g/mol. The average molecular weight is 273 g/mol. The Bertz CT molecular complexity index is 563. The van der Waals surface area contributed by atoms with Crippen molar-refractivity contribution < 1.29 is 4.74 Å². The minimum Gasteiger partial charge on any atom is -0.493 e. The maximum absolute atomic E-state index is 5.49. The fourth-order valence-corrected chi connectivity index (χ4v) is 2.57. The normalized spacial score (nSPS) is 12.4. The molecule has 1 heterocycles. The number of methoxy groups -OCH3 is 1. The third-order valence-corrected chi connectivity index (χ3v) is 3.56. The predicted molar refractivity (Wildman–Crippen MR) is 81.2 cm³/mol. The minimum atomic E-state index is 0.0835. The highest BCUT2D eigenvalue weighted by Gasteiger charge is 2.23. The summed E-state index contributed by atoms with van der Waals surface area (Å²) in [6.07, 6.45) is 2.84. The van der Waals surface area contributed by atoms with Crippen LogP contribution in [-0.2, 0) is 6.54 Å². The number of nitrogens with one attached hydrogen (secondary N) is 1. The standard InChI is InChI=1S/C16H23N3O/c1-5-10-19-16(14(20-4)11-18-19)15(17-3)13-9-7-6-8-12(13)2/h6-9,11,15,17H,5,10H2,1-4H3. The lowest BCUT2D eigenvalue weighted by Gasteiger charge is -2.21. The molecule has 1 aromatic heterocycles. The summed E-state index contributed by atoms with van der Waals surface area (Å²) < 4.78 is 7.53. The van der Waals surface area contributed by atoms with Gasteiger partial charge in [0.25, 0.3) is 0 Å². The SMILES string of the molecule is CCCn1ncc(OC)c1C(NC)c1ccccc1C. The summed E-state index contributed by atoms with van der Waals surface area (Å²) in [5.74, 6) is 0.834. The Morgan fingerprint density at radius 1 is 1.35 bits per heavy atom. The number of ether oxygens (including phenoxy) is 1. The van der Waals surface area contributed by atoms with Crippen molar-refractivity contribution in [2.45, 2.75) is 32.9 Å². The predicted octanol–water partition coefficient (Wildman–Crippen LogP) is 2.92. The van der Waals surface area contributed by atoms with Crippen LogP contribution < -0.4 is 10.1 Å². The fraction of sp³-hybridized carbons (Fsp3) is 0.438. The summed E-state index contributed by atoms with van der Waals surface area (Å²) >= 11 is 0. The quantitative estimate of drug-likeness (QED) is 0.879. The largest absolute Gasteiger partial charge is 0.493 e. The minimum absolute atomic E-state index is 0.0835. The smallest absolute Gasteiger partial charge is 0.161 e. The zero-order chi connectivity index (χ0) is 14.5. The molecule has 0 aliphatic carbocycles. The maximum Gasteiger partial charge on any atom is 0.161 e. The van der Waals surface area contributed by atoms with Gasteiger partial charge in [0.2, 0.25) is 0 Å². The molecule has 0 bridgehead atoms. The van der Waals surface area contributed by atoms with Gasteiger partial charge in [0.05, 0.1) is 19.3 Å². The number of nitrogens with zero attached hydrogens (tertiary/aromatic N) is 2. The van der Waals surface area contributed by atoms with Gasteiger partial charge in [-0.25, -0.2) is 0 Å². The van der Waals surface area contributed by atoms with Crippen LogP contribution in [0.25, 0.3) is 0 Å². The van der Waals surface area contributed by atoms with Gasteiger partial charge in [-0.15, -0.1) is 0 Å². The third kappa shape index (κ3) is 2.70. The molecule has 0 fully saturated rings. The van der Waals surface area contributed by atoms with Gasteiger partial charge in [-0.3, -0.25) is 4.68 Å². The Hall–Kier alpha value is -1.81. The first-order valence-corrected chi connectivity index (χ1v) is 7.05. The van der Waals surface area contributed by atoms with Crippen LogP contribution in [-0.4, -0.2) is 23.9 Å². The van der Waals surface area contributed by atoms with Crippen molar-refractivity contribution in [2.75, 3.05) is 14.2 Å². The van der Waals surface area contributed by atoms with Gasteiger partial charge >= 0.3 is 0 Å². The molecule has 0 amide bonds. The van der Waals surface area contributed by atoms with E-state index in [0.717, 1.165) is 24.4 Å². The maximum atomic E-state index is 5.49. The van der Waals surface area contributed by atoms with E-state index in [1.165, 1.54) is 11.1 Å². The van der Waals surface area contributed by atoms with Crippen molar-refractivity contribution in [3.8, 4) is 5.75 Å². The Labute approximate surface area is 120 Å². The topological polar surface area (TPSA) is 39.1 Å². The first kappa shape index (κ1) is 14.6. The molecule has 2 aromatic rings. The second kappa shape index (κ2) is 6.57. The van der Waals surface area contributed by atoms with Crippen molar-refractivity contribution in [3.63, 3.8) is 0 Å². The van der Waals surface area contributed by atoms with E-state index in [0.29, 0.717) is 0 Å². The molecule has 4 heteroatoms. The zero-order valence-corrected chi connectivity index (χ0v) is 12.7. The van der Waals surface area contributed by atoms with E-state index in [4.69, 9.17) is 4.74 Å². The fourth-order valence-electron chi connectivity index (χ4n) is 2.57. The van der Waals surface area contributed by atoms with Crippen LogP contribution in [0.1, 0.15) is 36.2 Å². The summed E-state index contributed by atoms with van der Waals surface area (Å²) in [6.45, 7) is 5.18. The average Bonchev–Trinajstić information content (AvgIpc) is 2.85. The molecule has 0 saturated carbocycles. The molecule has 4 nitrogen and oxygen atoms in total. The Morgan fingerprint density at radius 3 is 2.70 bits per heavy atom. The molecule has 20 heavy (non-hydrogen) atoms. The van der Waals surface area contributed by atoms with Crippen LogP contribution in [0, 0.1) is 6.92 Å². The number of rotatable bonds is 6. The number of aromatic nitrogens is 2. The lowest BCUT2D eigenvalue weighted by molar-refractivity contribution is 0.400. The first-order chi connectivity index (χ1) is 9.72. The highest BCUT2D eigenvalue weighted by molar-refractivity contribution is 5.39. The van der Waals surface area contributed by atoms with Gasteiger partial charge in [0, 0.05) is 6.54 Å². The third-order valence-electron chi connectivity index (χ3n) is 3.56. The summed E-state index contributed by atoms with van der Waals surface area (Å²) in [7, 11) is 3.67. The highest BCUT2D eigenvalue weighted by Crippen LogP contribution is 2.31. The molecule has 2 rings (SSSR count). The molecular formula is C16H23N3O. The molecular weight excluding hydrogens is 250 g/mol. The van der Waals surface area contributed by atoms with E-state index in [9.17, 15) is 0 Å². The van der Waals surface area contributed by atoms with Gasteiger partial charge in [0.1, 0.15) is 5.69 Å². The van der Waals surface area contributed by atoms with E-state index in [-0.39, 0.29) is 6.04 Å². The van der Waals surface area contributed by atoms with Crippen LogP contribution in [0.4, 0.5) is 0 Å². The van der Waals surface area contributed by atoms with Crippen LogP contribution in [0.3, 0.4) is 0 Å². The first-order valence-electron chi connectivity index (χ1n) is 7.05. The van der Waals surface area contributed by atoms with E-state index in [2.05, 4.69) is 48.5 Å². The van der Waals surface area contributed by atoms with E-state index in [1.807, 2.05) is 11.7 Å². The van der Waals surface area contributed by atoms with Crippen molar-refractivity contribution in [1.29, 1.82) is 0 Å². The number of benzene rings is 1. The molecule has 1 unspecified atom stereocenters. The summed E-state index contributed by atoms with van der Waals surface area (Å²) in [5, 5.41) is 7.85. The summed E-state index contributed by atoms with van der Waals surface area (Å²) in [6, 6.07) is 8.50. The van der Waals surface area contributed by atoms with Gasteiger partial charge in [-0.05, 0) is 31.5 Å². The van der Waals surface area contributed by atoms with Crippen molar-refractivity contribution in [3.05, 3.63) is 47.3 Å². The molecule has 0 spiro atoms. The second-order valence-corrected chi connectivity index (χ2v) is 4.90. The molecule has 0 aliphatic rings. The van der Waals surface area contributed by atoms with Gasteiger partial charge in [-0.2, -0.15) is 5.10 Å². The molecule has 1 atom stereocenters. The van der Waals surface area contributed by atoms with Gasteiger partial charge < -0.3 is 10.1 Å². The van der Waals surface area contributed by atoms with Crippen molar-refractivity contribution >= 4 is 0 Å². The number of hydrogen-bond donors (Lipinski definition) is 1. The zero-order valence-electron chi connectivity index (χ0n) is 12.7. The summed E-state index contributed by atoms with van der Waals surface area (Å²) in [4.78, 5) is 0. The van der Waals surface area contributed by atoms with Gasteiger partial charge in [-0.1, -0.05) is 31.2 Å². The van der Waals surface area contributed by atoms with E-state index >= 15 is 0 Å². The molecule has 1 N–H and O–H groups in total. The molecule has 0 saturated heterocycles. The summed E-state index contributed by atoms with van der Waals surface area (Å²) in [5.41, 5.74) is 3.61.